The number of hydrogen-bond donors (Lipinski definition) is 0. The van der Waals surface area contributed by atoms with Crippen LogP contribution in [0.25, 0.3) is 10.9 Å². The second-order valence-electron chi connectivity index (χ2n) is 2.88. The van der Waals surface area contributed by atoms with Crippen LogP contribution in [-0.4, -0.2) is 9.97 Å². The van der Waals surface area contributed by atoms with Crippen molar-refractivity contribution in [3.63, 3.8) is 0 Å². The van der Waals surface area contributed by atoms with Crippen LogP contribution < -0.4 is 0 Å². The molecule has 1 aromatic carbocycles. The van der Waals surface area contributed by atoms with Gasteiger partial charge in [0.05, 0.1) is 0 Å². The minimum absolute atomic E-state index is 0.0491. The highest BCUT2D eigenvalue weighted by molar-refractivity contribution is 6.35. The lowest BCUT2D eigenvalue weighted by Crippen LogP contribution is -1.92. The number of benzene rings is 1. The first-order chi connectivity index (χ1) is 6.59. The van der Waals surface area contributed by atoms with Crippen LogP contribution in [0.15, 0.2) is 12.1 Å². The standard InChI is InChI=1S/C9H5Cl2FN2/c1-4-2-3-5-7(6(4)12)13-9(11)14-8(5)10/h2-3H,1H3. The molecule has 72 valence electrons. The zero-order chi connectivity index (χ0) is 10.3. The summed E-state index contributed by atoms with van der Waals surface area (Å²) in [6.07, 6.45) is 0. The summed E-state index contributed by atoms with van der Waals surface area (Å²) >= 11 is 11.4. The molecule has 1 heterocycles. The Morgan fingerprint density at radius 2 is 1.93 bits per heavy atom. The summed E-state index contributed by atoms with van der Waals surface area (Å²) in [7, 11) is 0. The summed E-state index contributed by atoms with van der Waals surface area (Å²) < 4.78 is 13.6. The summed E-state index contributed by atoms with van der Waals surface area (Å²) in [6, 6.07) is 3.30. The monoisotopic (exact) mass is 230 g/mol. The van der Waals surface area contributed by atoms with Crippen LogP contribution in [0.2, 0.25) is 10.4 Å². The number of hydrogen-bond acceptors (Lipinski definition) is 2. The lowest BCUT2D eigenvalue weighted by Gasteiger charge is -2.03. The molecule has 1 aromatic heterocycles. The molecular formula is C9H5Cl2FN2. The van der Waals surface area contributed by atoms with Crippen molar-refractivity contribution in [3.05, 3.63) is 34.0 Å². The summed E-state index contributed by atoms with van der Waals surface area (Å²) in [5.41, 5.74) is 0.665. The van der Waals surface area contributed by atoms with Gasteiger partial charge in [-0.2, -0.15) is 0 Å². The summed E-state index contributed by atoms with van der Waals surface area (Å²) in [6.45, 7) is 1.65. The first kappa shape index (κ1) is 9.62. The van der Waals surface area contributed by atoms with Crippen LogP contribution in [0, 0.1) is 12.7 Å². The molecule has 0 atom stereocenters. The highest BCUT2D eigenvalue weighted by Gasteiger charge is 2.10. The Hall–Kier alpha value is -0.930. The fraction of sp³-hybridized carbons (Fsp3) is 0.111. The Morgan fingerprint density at radius 3 is 2.64 bits per heavy atom. The van der Waals surface area contributed by atoms with E-state index < -0.39 is 5.82 Å². The van der Waals surface area contributed by atoms with E-state index >= 15 is 0 Å². The van der Waals surface area contributed by atoms with Crippen LogP contribution in [0.3, 0.4) is 0 Å². The maximum Gasteiger partial charge on any atom is 0.224 e. The van der Waals surface area contributed by atoms with E-state index in [1.165, 1.54) is 0 Å². The second kappa shape index (κ2) is 3.33. The molecule has 0 saturated carbocycles. The van der Waals surface area contributed by atoms with E-state index in [9.17, 15) is 4.39 Å². The van der Waals surface area contributed by atoms with Crippen LogP contribution in [0.5, 0.6) is 0 Å². The topological polar surface area (TPSA) is 25.8 Å². The Bertz CT molecular complexity index is 514. The molecule has 0 radical (unpaired) electrons. The lowest BCUT2D eigenvalue weighted by molar-refractivity contribution is 0.627. The number of nitrogens with zero attached hydrogens (tertiary/aromatic N) is 2. The van der Waals surface area contributed by atoms with Crippen molar-refractivity contribution in [2.75, 3.05) is 0 Å². The number of fused-ring (bicyclic) bond motifs is 1. The zero-order valence-electron chi connectivity index (χ0n) is 7.18. The summed E-state index contributed by atoms with van der Waals surface area (Å²) in [5, 5.41) is 0.588. The molecule has 0 unspecified atom stereocenters. The van der Waals surface area contributed by atoms with Gasteiger partial charge in [-0.3, -0.25) is 0 Å². The fourth-order valence-electron chi connectivity index (χ4n) is 1.20. The van der Waals surface area contributed by atoms with Crippen molar-refractivity contribution >= 4 is 34.1 Å². The third kappa shape index (κ3) is 1.42. The van der Waals surface area contributed by atoms with Gasteiger partial charge in [0.1, 0.15) is 10.7 Å². The van der Waals surface area contributed by atoms with E-state index in [4.69, 9.17) is 23.2 Å². The summed E-state index contributed by atoms with van der Waals surface area (Å²) in [4.78, 5) is 7.52. The molecule has 0 aliphatic heterocycles. The number of rotatable bonds is 0. The Kier molecular flexibility index (Phi) is 2.29. The second-order valence-corrected chi connectivity index (χ2v) is 3.57. The average Bonchev–Trinajstić information content (AvgIpc) is 2.12. The van der Waals surface area contributed by atoms with Gasteiger partial charge in [-0.25, -0.2) is 14.4 Å². The van der Waals surface area contributed by atoms with Crippen molar-refractivity contribution < 1.29 is 4.39 Å². The van der Waals surface area contributed by atoms with Gasteiger partial charge in [0.15, 0.2) is 5.82 Å². The van der Waals surface area contributed by atoms with Gasteiger partial charge in [-0.05, 0) is 30.2 Å². The van der Waals surface area contributed by atoms with Gasteiger partial charge in [-0.1, -0.05) is 17.7 Å². The average molecular weight is 231 g/mol. The van der Waals surface area contributed by atoms with Gasteiger partial charge in [0.25, 0.3) is 0 Å². The molecule has 0 aliphatic rings. The van der Waals surface area contributed by atoms with Crippen LogP contribution in [-0.2, 0) is 0 Å². The molecule has 0 bridgehead atoms. The molecule has 0 N–H and O–H groups in total. The highest BCUT2D eigenvalue weighted by Crippen LogP contribution is 2.25. The minimum atomic E-state index is -0.409. The number of halogens is 3. The van der Waals surface area contributed by atoms with Crippen LogP contribution in [0.4, 0.5) is 4.39 Å². The van der Waals surface area contributed by atoms with E-state index in [0.717, 1.165) is 0 Å². The quantitative estimate of drug-likeness (QED) is 0.513. The molecule has 2 aromatic rings. The van der Waals surface area contributed by atoms with Gasteiger partial charge in [0, 0.05) is 5.39 Å². The van der Waals surface area contributed by atoms with Crippen LogP contribution >= 0.6 is 23.2 Å². The maximum atomic E-state index is 13.6. The fourth-order valence-corrected chi connectivity index (χ4v) is 1.64. The van der Waals surface area contributed by atoms with Crippen molar-refractivity contribution in [1.82, 2.24) is 9.97 Å². The molecule has 14 heavy (non-hydrogen) atoms. The molecule has 2 rings (SSSR count). The van der Waals surface area contributed by atoms with E-state index in [1.807, 2.05) is 0 Å². The van der Waals surface area contributed by atoms with E-state index in [1.54, 1.807) is 19.1 Å². The molecule has 0 fully saturated rings. The number of aromatic nitrogens is 2. The first-order valence-electron chi connectivity index (χ1n) is 3.87. The van der Waals surface area contributed by atoms with Crippen molar-refractivity contribution in [2.45, 2.75) is 6.92 Å². The normalized spacial score (nSPS) is 10.9. The molecule has 0 saturated heterocycles. The zero-order valence-corrected chi connectivity index (χ0v) is 8.69. The Labute approximate surface area is 89.7 Å². The predicted octanol–water partition coefficient (Wildman–Crippen LogP) is 3.38. The molecule has 0 spiro atoms. The third-order valence-corrected chi connectivity index (χ3v) is 2.38. The Morgan fingerprint density at radius 1 is 1.21 bits per heavy atom. The van der Waals surface area contributed by atoms with Gasteiger partial charge in [0.2, 0.25) is 5.28 Å². The van der Waals surface area contributed by atoms with Gasteiger partial charge in [-0.15, -0.1) is 0 Å². The van der Waals surface area contributed by atoms with Crippen LogP contribution in [0.1, 0.15) is 5.56 Å². The van der Waals surface area contributed by atoms with Crippen molar-refractivity contribution in [1.29, 1.82) is 0 Å². The van der Waals surface area contributed by atoms with E-state index in [2.05, 4.69) is 9.97 Å². The largest absolute Gasteiger partial charge is 0.224 e. The van der Waals surface area contributed by atoms with Crippen molar-refractivity contribution in [3.8, 4) is 0 Å². The van der Waals surface area contributed by atoms with Crippen molar-refractivity contribution in [2.24, 2.45) is 0 Å². The SMILES string of the molecule is Cc1ccc2c(Cl)nc(Cl)nc2c1F. The predicted molar refractivity (Wildman–Crippen MR) is 54.3 cm³/mol. The molecule has 0 aliphatic carbocycles. The molecular weight excluding hydrogens is 226 g/mol. The highest BCUT2D eigenvalue weighted by atomic mass is 35.5. The third-order valence-electron chi connectivity index (χ3n) is 1.93. The number of aryl methyl sites for hydroxylation is 1. The van der Waals surface area contributed by atoms with Gasteiger partial charge < -0.3 is 0 Å². The first-order valence-corrected chi connectivity index (χ1v) is 4.63. The molecule has 0 amide bonds. The Balaban J connectivity index is 2.95. The smallest absolute Gasteiger partial charge is 0.215 e. The maximum absolute atomic E-state index is 13.6. The molecule has 5 heteroatoms. The lowest BCUT2D eigenvalue weighted by atomic mass is 10.1. The minimum Gasteiger partial charge on any atom is -0.215 e. The van der Waals surface area contributed by atoms with E-state index in [0.29, 0.717) is 10.9 Å². The van der Waals surface area contributed by atoms with Gasteiger partial charge >= 0.3 is 0 Å². The molecule has 2 nitrogen and oxygen atoms in total. The van der Waals surface area contributed by atoms with E-state index in [-0.39, 0.29) is 16.0 Å². The summed E-state index contributed by atoms with van der Waals surface area (Å²) in [5.74, 6) is -0.409.